The molecule has 6 heteroatoms. The Bertz CT molecular complexity index is 965. The van der Waals surface area contributed by atoms with Gasteiger partial charge in [-0.15, -0.1) is 0 Å². The summed E-state index contributed by atoms with van der Waals surface area (Å²) >= 11 is 0. The van der Waals surface area contributed by atoms with Gasteiger partial charge in [0.2, 0.25) is 0 Å². The van der Waals surface area contributed by atoms with Gasteiger partial charge < -0.3 is 19.3 Å². The molecule has 2 aromatic rings. The number of aliphatic hydroxyl groups excluding tert-OH is 1. The van der Waals surface area contributed by atoms with E-state index in [2.05, 4.69) is 13.8 Å². The van der Waals surface area contributed by atoms with Crippen molar-refractivity contribution in [3.63, 3.8) is 0 Å². The Labute approximate surface area is 175 Å². The molecule has 0 spiro atoms. The van der Waals surface area contributed by atoms with Gasteiger partial charge in [-0.05, 0) is 46.9 Å². The molecule has 0 aliphatic carbocycles. The number of carbonyl (C=O) groups excluding carboxylic acids is 1. The van der Waals surface area contributed by atoms with E-state index in [1.165, 1.54) is 12.1 Å². The molecule has 2 unspecified atom stereocenters. The van der Waals surface area contributed by atoms with Gasteiger partial charge in [0.25, 0.3) is 0 Å². The number of aliphatic hydroxyl groups is 1. The van der Waals surface area contributed by atoms with E-state index in [9.17, 15) is 14.3 Å². The maximum Gasteiger partial charge on any atom is 0.309 e. The summed E-state index contributed by atoms with van der Waals surface area (Å²) in [7, 11) is 0. The van der Waals surface area contributed by atoms with Crippen LogP contribution < -0.4 is 9.47 Å². The molecular weight excluding hydrogens is 387 g/mol. The lowest BCUT2D eigenvalue weighted by atomic mass is 9.88. The van der Waals surface area contributed by atoms with Gasteiger partial charge in [-0.2, -0.15) is 0 Å². The van der Waals surface area contributed by atoms with Gasteiger partial charge in [-0.25, -0.2) is 4.39 Å². The average molecular weight is 412 g/mol. The van der Waals surface area contributed by atoms with E-state index in [4.69, 9.17) is 14.2 Å². The molecule has 2 aromatic carbocycles. The molecule has 2 aliphatic rings. The van der Waals surface area contributed by atoms with Gasteiger partial charge >= 0.3 is 5.97 Å². The van der Waals surface area contributed by atoms with Crippen molar-refractivity contribution < 1.29 is 28.5 Å². The zero-order valence-electron chi connectivity index (χ0n) is 17.1. The number of benzene rings is 2. The first-order valence-corrected chi connectivity index (χ1v) is 10.2. The summed E-state index contributed by atoms with van der Waals surface area (Å²) < 4.78 is 30.7. The molecule has 0 bridgehead atoms. The maximum atomic E-state index is 13.6. The predicted octanol–water partition coefficient (Wildman–Crippen LogP) is 4.47. The van der Waals surface area contributed by atoms with Gasteiger partial charge in [-0.3, -0.25) is 4.79 Å². The first kappa shape index (κ1) is 20.4. The van der Waals surface area contributed by atoms with Crippen LogP contribution in [0.2, 0.25) is 0 Å². The number of fused-ring (bicyclic) bond motifs is 1. The third-order valence-electron chi connectivity index (χ3n) is 5.33. The van der Waals surface area contributed by atoms with Crippen LogP contribution in [0.25, 0.3) is 17.2 Å². The molecule has 2 heterocycles. The van der Waals surface area contributed by atoms with Crippen molar-refractivity contribution in [2.45, 2.75) is 44.8 Å². The van der Waals surface area contributed by atoms with Gasteiger partial charge in [-0.1, -0.05) is 32.1 Å². The Kier molecular flexibility index (Phi) is 5.77. The molecule has 1 N–H and O–H groups in total. The summed E-state index contributed by atoms with van der Waals surface area (Å²) in [5, 5.41) is 9.90. The number of esters is 1. The average Bonchev–Trinajstić information content (AvgIpc) is 2.71. The van der Waals surface area contributed by atoms with Gasteiger partial charge in [0.05, 0.1) is 12.5 Å². The van der Waals surface area contributed by atoms with Crippen LogP contribution in [0, 0.1) is 5.82 Å². The zero-order valence-corrected chi connectivity index (χ0v) is 17.1. The van der Waals surface area contributed by atoms with E-state index in [1.54, 1.807) is 18.2 Å². The van der Waals surface area contributed by atoms with Crippen LogP contribution in [-0.4, -0.2) is 36.5 Å². The Morgan fingerprint density at radius 1 is 1.17 bits per heavy atom. The van der Waals surface area contributed by atoms with Crippen molar-refractivity contribution in [3.8, 4) is 22.6 Å². The second-order valence-electron chi connectivity index (χ2n) is 7.92. The highest BCUT2D eigenvalue weighted by Crippen LogP contribution is 2.46. The maximum absolute atomic E-state index is 13.6. The van der Waals surface area contributed by atoms with E-state index in [1.807, 2.05) is 12.1 Å². The van der Waals surface area contributed by atoms with Crippen LogP contribution in [0.5, 0.6) is 11.5 Å². The lowest BCUT2D eigenvalue weighted by molar-refractivity contribution is -0.156. The monoisotopic (exact) mass is 412 g/mol. The van der Waals surface area contributed by atoms with Crippen molar-refractivity contribution in [1.82, 2.24) is 0 Å². The summed E-state index contributed by atoms with van der Waals surface area (Å²) in [6.45, 7) is 5.07. The van der Waals surface area contributed by atoms with Crippen molar-refractivity contribution in [1.29, 1.82) is 0 Å². The van der Waals surface area contributed by atoms with E-state index in [0.29, 0.717) is 31.1 Å². The van der Waals surface area contributed by atoms with Crippen molar-refractivity contribution >= 4 is 12.0 Å². The summed E-state index contributed by atoms with van der Waals surface area (Å²) in [6, 6.07) is 8.25. The molecule has 158 valence electrons. The number of hydrogen-bond acceptors (Lipinski definition) is 5. The highest BCUT2D eigenvalue weighted by atomic mass is 19.1. The van der Waals surface area contributed by atoms with Gasteiger partial charge in [0.15, 0.2) is 11.5 Å². The summed E-state index contributed by atoms with van der Waals surface area (Å²) in [5.74, 6) is 0.746. The highest BCUT2D eigenvalue weighted by Gasteiger charge is 2.27. The molecule has 0 radical (unpaired) electrons. The number of cyclic esters (lactones) is 1. The summed E-state index contributed by atoms with van der Waals surface area (Å²) in [6.07, 6.45) is 2.87. The molecule has 1 saturated heterocycles. The molecule has 0 aromatic heterocycles. The fourth-order valence-electron chi connectivity index (χ4n) is 3.91. The Balaban J connectivity index is 1.85. The largest absolute Gasteiger partial charge is 0.486 e. The topological polar surface area (TPSA) is 65.0 Å². The zero-order chi connectivity index (χ0) is 21.3. The van der Waals surface area contributed by atoms with Crippen LogP contribution in [0.3, 0.4) is 0 Å². The summed E-state index contributed by atoms with van der Waals surface area (Å²) in [4.78, 5) is 11.7. The smallest absolute Gasteiger partial charge is 0.309 e. The highest BCUT2D eigenvalue weighted by molar-refractivity contribution is 5.85. The number of hydrogen-bond donors (Lipinski definition) is 1. The van der Waals surface area contributed by atoms with E-state index >= 15 is 0 Å². The molecule has 2 aliphatic heterocycles. The van der Waals surface area contributed by atoms with Crippen LogP contribution in [0.4, 0.5) is 4.39 Å². The number of carbonyl (C=O) groups is 1. The number of ether oxygens (including phenoxy) is 3. The molecule has 2 atom stereocenters. The van der Waals surface area contributed by atoms with Crippen LogP contribution in [-0.2, 0) is 9.53 Å². The van der Waals surface area contributed by atoms with Crippen LogP contribution >= 0.6 is 0 Å². The fraction of sp³-hybridized carbons (Fsp3) is 0.375. The molecule has 0 amide bonds. The molecule has 5 nitrogen and oxygen atoms in total. The molecule has 1 fully saturated rings. The quantitative estimate of drug-likeness (QED) is 0.751. The lowest BCUT2D eigenvalue weighted by Crippen LogP contribution is -2.31. The first-order chi connectivity index (χ1) is 14.4. The van der Waals surface area contributed by atoms with E-state index in [-0.39, 0.29) is 18.2 Å². The lowest BCUT2D eigenvalue weighted by Gasteiger charge is -2.27. The van der Waals surface area contributed by atoms with Crippen molar-refractivity contribution in [3.05, 3.63) is 53.4 Å². The van der Waals surface area contributed by atoms with E-state index < -0.39 is 18.2 Å². The summed E-state index contributed by atoms with van der Waals surface area (Å²) in [5.41, 5.74) is 3.56. The molecule has 30 heavy (non-hydrogen) atoms. The third kappa shape index (κ3) is 4.19. The minimum atomic E-state index is -0.706. The van der Waals surface area contributed by atoms with Crippen LogP contribution in [0.1, 0.15) is 43.7 Å². The Morgan fingerprint density at radius 3 is 2.60 bits per heavy atom. The van der Waals surface area contributed by atoms with Crippen molar-refractivity contribution in [2.75, 3.05) is 13.2 Å². The minimum Gasteiger partial charge on any atom is -0.486 e. The van der Waals surface area contributed by atoms with Gasteiger partial charge in [0.1, 0.15) is 25.1 Å². The second kappa shape index (κ2) is 8.48. The molecule has 4 rings (SSSR count). The van der Waals surface area contributed by atoms with Crippen LogP contribution in [0.15, 0.2) is 36.4 Å². The van der Waals surface area contributed by atoms with Gasteiger partial charge in [0, 0.05) is 12.0 Å². The van der Waals surface area contributed by atoms with E-state index in [0.717, 1.165) is 22.3 Å². The predicted molar refractivity (Wildman–Crippen MR) is 111 cm³/mol. The fourth-order valence-corrected chi connectivity index (χ4v) is 3.91. The first-order valence-electron chi connectivity index (χ1n) is 10.2. The molecular formula is C24H25FO5. The molecule has 0 saturated carbocycles. The minimum absolute atomic E-state index is 0.0203. The second-order valence-corrected chi connectivity index (χ2v) is 7.92. The SMILES string of the molecule is CC(C)c1cc2c(c(-c3ccc(F)cc3)c1/C=C/C1CC(O)CC(=O)O1)OCCO2. The Morgan fingerprint density at radius 2 is 1.90 bits per heavy atom. The third-order valence-corrected chi connectivity index (χ3v) is 5.33. The Hall–Kier alpha value is -2.86. The normalized spacial score (nSPS) is 21.2. The number of halogens is 1. The van der Waals surface area contributed by atoms with Crippen molar-refractivity contribution in [2.24, 2.45) is 0 Å². The standard InChI is InChI=1S/C24H25FO5/c1-14(2)20-13-21-24(29-10-9-28-21)23(15-3-5-16(25)6-4-15)19(20)8-7-18-11-17(26)12-22(27)30-18/h3-8,13-14,17-18,26H,9-12H2,1-2H3/b8-7+. The number of rotatable bonds is 4.